The molecule has 0 radical (unpaired) electrons. The lowest BCUT2D eigenvalue weighted by Gasteiger charge is -2.39. The summed E-state index contributed by atoms with van der Waals surface area (Å²) in [5.41, 5.74) is 2.53. The van der Waals surface area contributed by atoms with Gasteiger partial charge < -0.3 is 4.43 Å². The van der Waals surface area contributed by atoms with Gasteiger partial charge >= 0.3 is 0 Å². The zero-order chi connectivity index (χ0) is 25.5. The summed E-state index contributed by atoms with van der Waals surface area (Å²) < 4.78 is 7.14. The molecular formula is C34H40OSi. The first-order chi connectivity index (χ1) is 17.3. The minimum absolute atomic E-state index is 0.0168. The van der Waals surface area contributed by atoms with Gasteiger partial charge in [0.2, 0.25) is 0 Å². The minimum Gasteiger partial charge on any atom is -0.403 e. The second kappa shape index (κ2) is 11.4. The van der Waals surface area contributed by atoms with Crippen molar-refractivity contribution < 1.29 is 4.43 Å². The Hall–Kier alpha value is -2.94. The van der Waals surface area contributed by atoms with Crippen LogP contribution in [0.5, 0.6) is 0 Å². The van der Waals surface area contributed by atoms with Crippen LogP contribution >= 0.6 is 0 Å². The van der Waals surface area contributed by atoms with E-state index >= 15 is 0 Å². The fourth-order valence-corrected chi connectivity index (χ4v) is 9.99. The molecule has 0 fully saturated rings. The fourth-order valence-electron chi connectivity index (χ4n) is 5.48. The quantitative estimate of drug-likeness (QED) is 0.162. The first kappa shape index (κ1) is 26.1. The Kier molecular flexibility index (Phi) is 8.28. The van der Waals surface area contributed by atoms with E-state index in [0.29, 0.717) is 0 Å². The van der Waals surface area contributed by atoms with Gasteiger partial charge in [-0.05, 0) is 54.7 Å². The Morgan fingerprint density at radius 2 is 0.917 bits per heavy atom. The van der Waals surface area contributed by atoms with E-state index in [2.05, 4.69) is 149 Å². The van der Waals surface area contributed by atoms with E-state index in [0.717, 1.165) is 25.3 Å². The number of hydrogen-bond donors (Lipinski definition) is 0. The average molecular weight is 493 g/mol. The van der Waals surface area contributed by atoms with Crippen LogP contribution in [-0.2, 0) is 9.84 Å². The molecule has 4 aromatic carbocycles. The van der Waals surface area contributed by atoms with Crippen molar-refractivity contribution in [2.24, 2.45) is 0 Å². The predicted octanol–water partition coefficient (Wildman–Crippen LogP) is 7.74. The summed E-state index contributed by atoms with van der Waals surface area (Å²) in [4.78, 5) is 0. The minimum atomic E-state index is -2.44. The van der Waals surface area contributed by atoms with Crippen molar-refractivity contribution in [1.82, 2.24) is 0 Å². The first-order valence-electron chi connectivity index (χ1n) is 13.3. The molecule has 0 bridgehead atoms. The summed E-state index contributed by atoms with van der Waals surface area (Å²) in [6, 6.07) is 45.0. The molecule has 0 atom stereocenters. The fraction of sp³-hybridized carbons (Fsp3) is 0.294. The van der Waals surface area contributed by atoms with Crippen LogP contribution < -0.4 is 10.4 Å². The van der Waals surface area contributed by atoms with Crippen molar-refractivity contribution in [3.05, 3.63) is 132 Å². The lowest BCUT2D eigenvalue weighted by atomic mass is 9.73. The van der Waals surface area contributed by atoms with Crippen LogP contribution in [0.15, 0.2) is 121 Å². The van der Waals surface area contributed by atoms with Gasteiger partial charge in [0.25, 0.3) is 8.32 Å². The van der Waals surface area contributed by atoms with Crippen molar-refractivity contribution in [3.63, 3.8) is 0 Å². The van der Waals surface area contributed by atoms with Crippen molar-refractivity contribution in [3.8, 4) is 0 Å². The third kappa shape index (κ3) is 6.06. The topological polar surface area (TPSA) is 9.23 Å². The summed E-state index contributed by atoms with van der Waals surface area (Å²) in [5, 5.41) is 2.72. The SMILES string of the molecule is CC(C)(C)O[Si](CCCCC(C)(c1ccccc1)c1ccccc1)(c1ccccc1)c1ccccc1. The monoisotopic (exact) mass is 492 g/mol. The van der Waals surface area contributed by atoms with E-state index in [1.807, 2.05) is 0 Å². The summed E-state index contributed by atoms with van der Waals surface area (Å²) in [6.07, 6.45) is 3.37. The Morgan fingerprint density at radius 1 is 0.528 bits per heavy atom. The van der Waals surface area contributed by atoms with Crippen molar-refractivity contribution in [1.29, 1.82) is 0 Å². The highest BCUT2D eigenvalue weighted by molar-refractivity contribution is 6.97. The van der Waals surface area contributed by atoms with Gasteiger partial charge in [-0.2, -0.15) is 0 Å². The second-order valence-corrected chi connectivity index (χ2v) is 14.6. The van der Waals surface area contributed by atoms with Crippen molar-refractivity contribution >= 4 is 18.7 Å². The zero-order valence-corrected chi connectivity index (χ0v) is 23.3. The van der Waals surface area contributed by atoms with E-state index in [1.54, 1.807) is 0 Å². The normalized spacial score (nSPS) is 12.4. The molecule has 0 saturated carbocycles. The molecule has 0 unspecified atom stereocenters. The second-order valence-electron chi connectivity index (χ2n) is 11.0. The summed E-state index contributed by atoms with van der Waals surface area (Å²) in [7, 11) is -2.44. The molecule has 0 amide bonds. The van der Waals surface area contributed by atoms with Crippen LogP contribution in [0.4, 0.5) is 0 Å². The molecule has 0 aromatic heterocycles. The molecule has 36 heavy (non-hydrogen) atoms. The standard InChI is InChI=1S/C34H40OSi/c1-33(2,3)35-36(31-23-13-7-14-24-31,32-25-15-8-16-26-32)28-18-17-27-34(4,29-19-9-5-10-20-29)30-21-11-6-12-22-30/h5-16,19-26H,17-18,27-28H2,1-4H3. The zero-order valence-electron chi connectivity index (χ0n) is 22.3. The molecule has 0 aliphatic carbocycles. The Bertz CT molecular complexity index is 1100. The highest BCUT2D eigenvalue weighted by Crippen LogP contribution is 2.37. The van der Waals surface area contributed by atoms with Gasteiger partial charge in [-0.3, -0.25) is 0 Å². The lowest BCUT2D eigenvalue weighted by Crippen LogP contribution is -2.63. The predicted molar refractivity (Wildman–Crippen MR) is 157 cm³/mol. The molecule has 0 N–H and O–H groups in total. The molecule has 4 rings (SSSR count). The van der Waals surface area contributed by atoms with E-state index in [-0.39, 0.29) is 11.0 Å². The molecule has 1 nitrogen and oxygen atoms in total. The molecule has 2 heteroatoms. The Labute approximate surface area is 219 Å². The van der Waals surface area contributed by atoms with Gasteiger partial charge in [0.1, 0.15) is 0 Å². The molecule has 0 aliphatic rings. The van der Waals surface area contributed by atoms with Crippen LogP contribution in [0.1, 0.15) is 58.1 Å². The lowest BCUT2D eigenvalue weighted by molar-refractivity contribution is 0.125. The average Bonchev–Trinajstić information content (AvgIpc) is 2.91. The molecular weight excluding hydrogens is 452 g/mol. The molecule has 0 spiro atoms. The highest BCUT2D eigenvalue weighted by Gasteiger charge is 2.42. The number of unbranched alkanes of at least 4 members (excludes halogenated alkanes) is 1. The smallest absolute Gasteiger partial charge is 0.256 e. The van der Waals surface area contributed by atoms with E-state index in [9.17, 15) is 0 Å². The molecule has 4 aromatic rings. The molecule has 0 aliphatic heterocycles. The van der Waals surface area contributed by atoms with Gasteiger partial charge in [-0.15, -0.1) is 0 Å². The van der Waals surface area contributed by atoms with Crippen LogP contribution in [0.3, 0.4) is 0 Å². The number of benzene rings is 4. The third-order valence-corrected chi connectivity index (χ3v) is 11.8. The molecule has 0 heterocycles. The van der Waals surface area contributed by atoms with Crippen LogP contribution in [0.2, 0.25) is 6.04 Å². The van der Waals surface area contributed by atoms with Crippen LogP contribution in [0, 0.1) is 0 Å². The van der Waals surface area contributed by atoms with E-state index < -0.39 is 8.32 Å². The van der Waals surface area contributed by atoms with E-state index in [1.165, 1.54) is 21.5 Å². The maximum Gasteiger partial charge on any atom is 0.256 e. The largest absolute Gasteiger partial charge is 0.403 e. The Balaban J connectivity index is 1.63. The highest BCUT2D eigenvalue weighted by atomic mass is 28.4. The van der Waals surface area contributed by atoms with E-state index in [4.69, 9.17) is 4.43 Å². The maximum atomic E-state index is 7.14. The third-order valence-electron chi connectivity index (χ3n) is 7.24. The molecule has 0 saturated heterocycles. The summed E-state index contributed by atoms with van der Waals surface area (Å²) in [5.74, 6) is 0. The number of rotatable bonds is 10. The van der Waals surface area contributed by atoms with Gasteiger partial charge in [-0.25, -0.2) is 0 Å². The summed E-state index contributed by atoms with van der Waals surface area (Å²) in [6.45, 7) is 9.00. The van der Waals surface area contributed by atoms with Gasteiger partial charge in [0.05, 0.1) is 0 Å². The van der Waals surface area contributed by atoms with Gasteiger partial charge in [-0.1, -0.05) is 141 Å². The van der Waals surface area contributed by atoms with Crippen molar-refractivity contribution in [2.75, 3.05) is 0 Å². The van der Waals surface area contributed by atoms with Gasteiger partial charge in [0, 0.05) is 11.0 Å². The van der Waals surface area contributed by atoms with Crippen molar-refractivity contribution in [2.45, 2.75) is 64.0 Å². The number of hydrogen-bond acceptors (Lipinski definition) is 1. The summed E-state index contributed by atoms with van der Waals surface area (Å²) >= 11 is 0. The first-order valence-corrected chi connectivity index (χ1v) is 15.4. The van der Waals surface area contributed by atoms with Crippen LogP contribution in [-0.4, -0.2) is 13.9 Å². The van der Waals surface area contributed by atoms with Gasteiger partial charge in [0.15, 0.2) is 0 Å². The van der Waals surface area contributed by atoms with Crippen LogP contribution in [0.25, 0.3) is 0 Å². The molecule has 186 valence electrons. The maximum absolute atomic E-state index is 7.14. The Morgan fingerprint density at radius 3 is 1.31 bits per heavy atom.